The SMILES string of the molecule is Cl.N[13c]1n[13c](O)[13c](N)[13c](=O)[nH]1. The molecule has 0 bridgehead atoms. The molecular weight excluding hydrogens is 175 g/mol. The Bertz CT molecular complexity index is 309. The molecule has 0 unspecified atom stereocenters. The lowest BCUT2D eigenvalue weighted by molar-refractivity contribution is 0.455. The first kappa shape index (κ1) is 9.57. The molecule has 0 aliphatic rings. The molecule has 6 N–H and O–H groups in total. The summed E-state index contributed by atoms with van der Waals surface area (Å²) in [6.07, 6.45) is 0. The van der Waals surface area contributed by atoms with Crippen molar-refractivity contribution in [2.24, 2.45) is 0 Å². The minimum Gasteiger partial charge on any atom is -0.492 e. The van der Waals surface area contributed by atoms with E-state index in [0.29, 0.717) is 0 Å². The Labute approximate surface area is 67.7 Å². The Kier molecular flexibility index (Phi) is 2.70. The second kappa shape index (κ2) is 3.11. The van der Waals surface area contributed by atoms with E-state index in [-0.39, 0.29) is 24.0 Å². The zero-order chi connectivity index (χ0) is 7.72. The van der Waals surface area contributed by atoms with Gasteiger partial charge in [-0.15, -0.1) is 12.4 Å². The van der Waals surface area contributed by atoms with E-state index in [1.165, 1.54) is 0 Å². The van der Waals surface area contributed by atoms with Crippen molar-refractivity contribution < 1.29 is 5.11 Å². The van der Waals surface area contributed by atoms with E-state index in [1.54, 1.807) is 0 Å². The van der Waals surface area contributed by atoms with Gasteiger partial charge in [-0.05, 0) is 0 Å². The molecule has 62 valence electrons. The first-order valence-electron chi connectivity index (χ1n) is 2.45. The van der Waals surface area contributed by atoms with Crippen molar-refractivity contribution in [1.29, 1.82) is 0 Å². The number of hydrogen-bond donors (Lipinski definition) is 4. The zero-order valence-electron chi connectivity index (χ0n) is 5.37. The van der Waals surface area contributed by atoms with E-state index in [9.17, 15) is 4.79 Å². The molecule has 0 saturated heterocycles. The van der Waals surface area contributed by atoms with Gasteiger partial charge < -0.3 is 16.6 Å². The molecule has 0 spiro atoms. The molecule has 0 saturated carbocycles. The van der Waals surface area contributed by atoms with E-state index in [2.05, 4.69) is 9.97 Å². The van der Waals surface area contributed by atoms with Crippen LogP contribution in [0.25, 0.3) is 0 Å². The van der Waals surface area contributed by atoms with Crippen LogP contribution in [0.1, 0.15) is 0 Å². The molecule has 0 aliphatic carbocycles. The second-order valence-electron chi connectivity index (χ2n) is 1.69. The number of H-pyrrole nitrogens is 1. The number of nitrogen functional groups attached to an aromatic ring is 2. The minimum absolute atomic E-state index is 0. The number of aromatic amines is 1. The average molecular weight is 183 g/mol. The normalized spacial score (nSPS) is 8.73. The Morgan fingerprint density at radius 2 is 2.00 bits per heavy atom. The molecule has 0 atom stereocenters. The fourth-order valence-electron chi connectivity index (χ4n) is 0.487. The van der Waals surface area contributed by atoms with Gasteiger partial charge in [-0.2, -0.15) is 4.98 Å². The van der Waals surface area contributed by atoms with Gasteiger partial charge in [0.25, 0.3) is 5.56 Å². The van der Waals surface area contributed by atoms with E-state index < -0.39 is 11.4 Å². The summed E-state index contributed by atoms with van der Waals surface area (Å²) in [4.78, 5) is 16.0. The average Bonchev–Trinajstić information content (AvgIpc) is 1.82. The lowest BCUT2D eigenvalue weighted by Crippen LogP contribution is -2.14. The standard InChI is InChI=1S/C4H6N4O2.ClH/c5-1-2(9)7-4(6)8-3(1)10;/h5H2,(H4,6,7,8,9,10);1H/i1+1,2+1,3+1,4+1;. The number of nitrogens with zero attached hydrogens (tertiary/aromatic N) is 1. The first-order valence-corrected chi connectivity index (χ1v) is 2.45. The molecule has 0 aliphatic heterocycles. The number of nitrogens with two attached hydrogens (primary N) is 2. The summed E-state index contributed by atoms with van der Waals surface area (Å²) >= 11 is 0. The molecule has 7 heteroatoms. The molecule has 1 aromatic rings. The van der Waals surface area contributed by atoms with Crippen LogP contribution in [-0.4, -0.2) is 15.1 Å². The zero-order valence-corrected chi connectivity index (χ0v) is 6.18. The monoisotopic (exact) mass is 182 g/mol. The summed E-state index contributed by atoms with van der Waals surface area (Å²) < 4.78 is 0. The van der Waals surface area contributed by atoms with Crippen molar-refractivity contribution >= 4 is 24.0 Å². The van der Waals surface area contributed by atoms with Crippen molar-refractivity contribution in [3.63, 3.8) is 0 Å². The Balaban J connectivity index is 0.000001000. The van der Waals surface area contributed by atoms with Crippen molar-refractivity contribution in [2.45, 2.75) is 0 Å². The van der Waals surface area contributed by atoms with E-state index >= 15 is 0 Å². The number of anilines is 2. The number of aromatic nitrogens is 2. The molecule has 6 nitrogen and oxygen atoms in total. The number of hydrogen-bond acceptors (Lipinski definition) is 5. The van der Waals surface area contributed by atoms with Gasteiger partial charge in [-0.1, -0.05) is 0 Å². The van der Waals surface area contributed by atoms with Gasteiger partial charge in [0.15, 0.2) is 5.69 Å². The molecule has 0 amide bonds. The van der Waals surface area contributed by atoms with Crippen LogP contribution < -0.4 is 17.0 Å². The molecule has 1 aromatic heterocycles. The Morgan fingerprint density at radius 3 is 2.45 bits per heavy atom. The van der Waals surface area contributed by atoms with E-state index in [1.807, 2.05) is 0 Å². The van der Waals surface area contributed by atoms with Crippen LogP contribution in [-0.2, 0) is 0 Å². The van der Waals surface area contributed by atoms with Crippen LogP contribution in [0.2, 0.25) is 0 Å². The largest absolute Gasteiger partial charge is 0.492 e. The van der Waals surface area contributed by atoms with Crippen LogP contribution in [0.4, 0.5) is 11.6 Å². The maximum atomic E-state index is 10.6. The number of aromatic hydroxyl groups is 1. The van der Waals surface area contributed by atoms with Crippen molar-refractivity contribution in [3.05, 3.63) is 10.4 Å². The maximum absolute atomic E-state index is 10.6. The predicted molar refractivity (Wildman–Crippen MR) is 42.6 cm³/mol. The van der Waals surface area contributed by atoms with Gasteiger partial charge in [0.1, 0.15) is 0 Å². The summed E-state index contributed by atoms with van der Waals surface area (Å²) in [5.41, 5.74) is 9.13. The van der Waals surface area contributed by atoms with Gasteiger partial charge in [-0.25, -0.2) is 0 Å². The second-order valence-corrected chi connectivity index (χ2v) is 1.69. The molecule has 1 heterocycles. The van der Waals surface area contributed by atoms with Crippen molar-refractivity contribution in [2.75, 3.05) is 11.5 Å². The fraction of sp³-hybridized carbons (Fsp3) is 0. The van der Waals surface area contributed by atoms with E-state index in [4.69, 9.17) is 16.6 Å². The van der Waals surface area contributed by atoms with Crippen molar-refractivity contribution in [3.8, 4) is 5.88 Å². The summed E-state index contributed by atoms with van der Waals surface area (Å²) in [6.45, 7) is 0. The van der Waals surface area contributed by atoms with Gasteiger partial charge >= 0.3 is 0 Å². The highest BCUT2D eigenvalue weighted by molar-refractivity contribution is 5.85. The van der Waals surface area contributed by atoms with Crippen LogP contribution in [0, 0.1) is 0 Å². The Hall–Kier alpha value is -1.43. The topological polar surface area (TPSA) is 118 Å². The van der Waals surface area contributed by atoms with Crippen LogP contribution >= 0.6 is 12.4 Å². The molecule has 0 fully saturated rings. The molecular formula is C4H7ClN4O2. The van der Waals surface area contributed by atoms with Gasteiger partial charge in [0, 0.05) is 0 Å². The summed E-state index contributed by atoms with van der Waals surface area (Å²) in [7, 11) is 0. The van der Waals surface area contributed by atoms with Crippen LogP contribution in [0.3, 0.4) is 0 Å². The summed E-state index contributed by atoms with van der Waals surface area (Å²) in [5, 5.41) is 8.74. The lowest BCUT2D eigenvalue weighted by Gasteiger charge is -1.95. The van der Waals surface area contributed by atoms with Gasteiger partial charge in [0.2, 0.25) is 11.8 Å². The maximum Gasteiger partial charge on any atom is 0.279 e. The summed E-state index contributed by atoms with van der Waals surface area (Å²) in [6, 6.07) is 0. The molecule has 0 aromatic carbocycles. The first-order chi connectivity index (χ1) is 4.61. The number of halogens is 1. The third-order valence-corrected chi connectivity index (χ3v) is 0.953. The molecule has 0 radical (unpaired) electrons. The van der Waals surface area contributed by atoms with Gasteiger partial charge in [0.05, 0.1) is 0 Å². The number of rotatable bonds is 0. The van der Waals surface area contributed by atoms with Crippen LogP contribution in [0.5, 0.6) is 5.88 Å². The van der Waals surface area contributed by atoms with Gasteiger partial charge in [-0.3, -0.25) is 9.78 Å². The number of nitrogens with one attached hydrogen (secondary N) is 1. The fourth-order valence-corrected chi connectivity index (χ4v) is 0.487. The third kappa shape index (κ3) is 1.74. The Morgan fingerprint density at radius 1 is 1.45 bits per heavy atom. The molecule has 1 rings (SSSR count). The van der Waals surface area contributed by atoms with Crippen LogP contribution in [0.15, 0.2) is 4.79 Å². The van der Waals surface area contributed by atoms with E-state index in [0.717, 1.165) is 0 Å². The predicted octanol–water partition coefficient (Wildman–Crippen LogP) is -0.938. The smallest absolute Gasteiger partial charge is 0.279 e. The highest BCUT2D eigenvalue weighted by Crippen LogP contribution is 2.08. The quantitative estimate of drug-likeness (QED) is 0.413. The highest BCUT2D eigenvalue weighted by atomic mass is 35.5. The lowest BCUT2D eigenvalue weighted by atomic mass is 11.4. The summed E-state index contributed by atoms with van der Waals surface area (Å²) in [5.74, 6) is -0.696. The van der Waals surface area contributed by atoms with Crippen molar-refractivity contribution in [1.82, 2.24) is 9.97 Å². The minimum atomic E-state index is -0.634. The highest BCUT2D eigenvalue weighted by Gasteiger charge is 2.02. The molecule has 11 heavy (non-hydrogen) atoms. The third-order valence-electron chi connectivity index (χ3n) is 0.953.